The molecular weight excluding hydrogens is 282 g/mol. The van der Waals surface area contributed by atoms with Gasteiger partial charge in [0.05, 0.1) is 23.7 Å². The summed E-state index contributed by atoms with van der Waals surface area (Å²) >= 11 is 5.20. The smallest absolute Gasteiger partial charge is 0.139 e. The molecule has 2 unspecified atom stereocenters. The number of hydrogen-bond acceptors (Lipinski definition) is 4. The van der Waals surface area contributed by atoms with Gasteiger partial charge in [-0.05, 0) is 24.5 Å². The van der Waals surface area contributed by atoms with Gasteiger partial charge in [0.15, 0.2) is 0 Å². The van der Waals surface area contributed by atoms with Crippen molar-refractivity contribution in [1.82, 2.24) is 4.98 Å². The Morgan fingerprint density at radius 1 is 1.48 bits per heavy atom. The minimum atomic E-state index is 0.0757. The van der Waals surface area contributed by atoms with Gasteiger partial charge in [0.2, 0.25) is 0 Å². The first-order valence-corrected chi connectivity index (χ1v) is 7.59. The standard InChI is InChI=1S/C16H19N3OS/c1-10-6-7-19(14(10)9-20)16-12(15(17)21)8-11-4-2-3-5-13(11)18-16/h2-5,8,10,14,20H,6-7,9H2,1H3,(H2,17,21). The fourth-order valence-electron chi connectivity index (χ4n) is 3.06. The van der Waals surface area contributed by atoms with E-state index in [9.17, 15) is 5.11 Å². The third-order valence-corrected chi connectivity index (χ3v) is 4.53. The number of fused-ring (bicyclic) bond motifs is 1. The quantitative estimate of drug-likeness (QED) is 0.850. The minimum Gasteiger partial charge on any atom is -0.394 e. The van der Waals surface area contributed by atoms with Crippen LogP contribution >= 0.6 is 12.2 Å². The fourth-order valence-corrected chi connectivity index (χ4v) is 3.21. The van der Waals surface area contributed by atoms with Gasteiger partial charge in [0.25, 0.3) is 0 Å². The second-order valence-electron chi connectivity index (χ2n) is 5.63. The lowest BCUT2D eigenvalue weighted by Crippen LogP contribution is -2.37. The van der Waals surface area contributed by atoms with Gasteiger partial charge >= 0.3 is 0 Å². The highest BCUT2D eigenvalue weighted by atomic mass is 32.1. The Morgan fingerprint density at radius 2 is 2.24 bits per heavy atom. The third-order valence-electron chi connectivity index (χ3n) is 4.31. The predicted molar refractivity (Wildman–Crippen MR) is 89.6 cm³/mol. The molecule has 110 valence electrons. The number of aliphatic hydroxyl groups excluding tert-OH is 1. The van der Waals surface area contributed by atoms with Gasteiger partial charge in [-0.2, -0.15) is 0 Å². The van der Waals surface area contributed by atoms with Crippen molar-refractivity contribution < 1.29 is 5.11 Å². The zero-order valence-electron chi connectivity index (χ0n) is 12.0. The molecule has 3 N–H and O–H groups in total. The van der Waals surface area contributed by atoms with E-state index < -0.39 is 0 Å². The second-order valence-corrected chi connectivity index (χ2v) is 6.07. The number of aliphatic hydroxyl groups is 1. The summed E-state index contributed by atoms with van der Waals surface area (Å²) in [5.74, 6) is 1.23. The molecule has 0 bridgehead atoms. The molecule has 21 heavy (non-hydrogen) atoms. The molecule has 5 heteroatoms. The van der Waals surface area contributed by atoms with Crippen molar-refractivity contribution in [1.29, 1.82) is 0 Å². The van der Waals surface area contributed by atoms with Crippen LogP contribution in [-0.2, 0) is 0 Å². The molecule has 4 nitrogen and oxygen atoms in total. The van der Waals surface area contributed by atoms with E-state index in [0.29, 0.717) is 10.9 Å². The molecule has 1 aromatic heterocycles. The van der Waals surface area contributed by atoms with Crippen molar-refractivity contribution in [3.63, 3.8) is 0 Å². The Labute approximate surface area is 129 Å². The van der Waals surface area contributed by atoms with E-state index in [2.05, 4.69) is 11.8 Å². The van der Waals surface area contributed by atoms with Crippen LogP contribution in [0.1, 0.15) is 18.9 Å². The molecule has 3 rings (SSSR count). The number of pyridine rings is 1. The summed E-state index contributed by atoms with van der Waals surface area (Å²) in [4.78, 5) is 7.25. The number of benzene rings is 1. The molecule has 0 saturated carbocycles. The molecule has 0 aliphatic carbocycles. The van der Waals surface area contributed by atoms with Gasteiger partial charge in [-0.1, -0.05) is 37.3 Å². The first kappa shape index (κ1) is 14.2. The molecule has 1 saturated heterocycles. The Morgan fingerprint density at radius 3 is 2.95 bits per heavy atom. The van der Waals surface area contributed by atoms with E-state index >= 15 is 0 Å². The largest absolute Gasteiger partial charge is 0.394 e. The summed E-state index contributed by atoms with van der Waals surface area (Å²) in [5.41, 5.74) is 7.61. The van der Waals surface area contributed by atoms with Gasteiger partial charge in [-0.3, -0.25) is 0 Å². The topological polar surface area (TPSA) is 62.4 Å². The highest BCUT2D eigenvalue weighted by Gasteiger charge is 2.33. The lowest BCUT2D eigenvalue weighted by molar-refractivity contribution is 0.244. The predicted octanol–water partition coefficient (Wildman–Crippen LogP) is 2.08. The van der Waals surface area contributed by atoms with E-state index in [4.69, 9.17) is 22.9 Å². The summed E-state index contributed by atoms with van der Waals surface area (Å²) in [6.45, 7) is 3.14. The average Bonchev–Trinajstić information content (AvgIpc) is 2.86. The van der Waals surface area contributed by atoms with E-state index in [1.807, 2.05) is 30.3 Å². The molecule has 0 amide bonds. The number of rotatable bonds is 3. The Kier molecular flexibility index (Phi) is 3.78. The van der Waals surface area contributed by atoms with Crippen LogP contribution in [0.15, 0.2) is 30.3 Å². The van der Waals surface area contributed by atoms with Gasteiger partial charge in [0.1, 0.15) is 10.8 Å². The number of aromatic nitrogens is 1. The molecule has 2 heterocycles. The van der Waals surface area contributed by atoms with Gasteiger partial charge in [0, 0.05) is 11.9 Å². The van der Waals surface area contributed by atoms with E-state index in [-0.39, 0.29) is 12.6 Å². The van der Waals surface area contributed by atoms with Gasteiger partial charge < -0.3 is 15.7 Å². The fraction of sp³-hybridized carbons (Fsp3) is 0.375. The second kappa shape index (κ2) is 5.58. The Hall–Kier alpha value is -1.72. The molecule has 1 aliphatic heterocycles. The number of nitrogens with zero attached hydrogens (tertiary/aromatic N) is 2. The molecular formula is C16H19N3OS. The van der Waals surface area contributed by atoms with E-state index in [1.54, 1.807) is 0 Å². The maximum absolute atomic E-state index is 9.68. The number of anilines is 1. The summed E-state index contributed by atoms with van der Waals surface area (Å²) in [7, 11) is 0. The van der Waals surface area contributed by atoms with Crippen LogP contribution in [0.25, 0.3) is 10.9 Å². The van der Waals surface area contributed by atoms with Crippen LogP contribution in [0.2, 0.25) is 0 Å². The van der Waals surface area contributed by atoms with Crippen molar-refractivity contribution in [3.05, 3.63) is 35.9 Å². The lowest BCUT2D eigenvalue weighted by atomic mass is 10.0. The monoisotopic (exact) mass is 301 g/mol. The van der Waals surface area contributed by atoms with Crippen LogP contribution in [-0.4, -0.2) is 34.3 Å². The van der Waals surface area contributed by atoms with Crippen LogP contribution in [0.4, 0.5) is 5.82 Å². The molecule has 1 fully saturated rings. The maximum atomic E-state index is 9.68. The van der Waals surface area contributed by atoms with Crippen molar-refractivity contribution >= 4 is 33.9 Å². The lowest BCUT2D eigenvalue weighted by Gasteiger charge is -2.28. The average molecular weight is 301 g/mol. The van der Waals surface area contributed by atoms with Crippen molar-refractivity contribution in [3.8, 4) is 0 Å². The van der Waals surface area contributed by atoms with Crippen molar-refractivity contribution in [2.24, 2.45) is 11.7 Å². The third kappa shape index (κ3) is 2.47. The van der Waals surface area contributed by atoms with Gasteiger partial charge in [-0.15, -0.1) is 0 Å². The van der Waals surface area contributed by atoms with Crippen LogP contribution in [0, 0.1) is 5.92 Å². The van der Waals surface area contributed by atoms with E-state index in [1.165, 1.54) is 0 Å². The number of nitrogens with two attached hydrogens (primary N) is 1. The molecule has 0 radical (unpaired) electrons. The number of para-hydroxylation sites is 1. The highest BCUT2D eigenvalue weighted by molar-refractivity contribution is 7.80. The summed E-state index contributed by atoms with van der Waals surface area (Å²) in [5, 5.41) is 10.7. The molecule has 1 aliphatic rings. The SMILES string of the molecule is CC1CCN(c2nc3ccccc3cc2C(N)=S)C1CO. The highest BCUT2D eigenvalue weighted by Crippen LogP contribution is 2.32. The summed E-state index contributed by atoms with van der Waals surface area (Å²) in [6.07, 6.45) is 1.04. The number of thiocarbonyl (C=S) groups is 1. The van der Waals surface area contributed by atoms with Crippen LogP contribution in [0.5, 0.6) is 0 Å². The maximum Gasteiger partial charge on any atom is 0.139 e. The zero-order valence-corrected chi connectivity index (χ0v) is 12.8. The van der Waals surface area contributed by atoms with Crippen molar-refractivity contribution in [2.45, 2.75) is 19.4 Å². The minimum absolute atomic E-state index is 0.0757. The van der Waals surface area contributed by atoms with Crippen LogP contribution < -0.4 is 10.6 Å². The molecule has 0 spiro atoms. The van der Waals surface area contributed by atoms with Crippen molar-refractivity contribution in [2.75, 3.05) is 18.1 Å². The zero-order chi connectivity index (χ0) is 15.0. The summed E-state index contributed by atoms with van der Waals surface area (Å²) in [6, 6.07) is 10.0. The molecule has 2 atom stereocenters. The normalized spacial score (nSPS) is 21.9. The molecule has 1 aromatic carbocycles. The van der Waals surface area contributed by atoms with Gasteiger partial charge in [-0.25, -0.2) is 4.98 Å². The Balaban J connectivity index is 2.16. The van der Waals surface area contributed by atoms with E-state index in [0.717, 1.165) is 35.2 Å². The number of hydrogen-bond donors (Lipinski definition) is 2. The first-order chi connectivity index (χ1) is 10.1. The first-order valence-electron chi connectivity index (χ1n) is 7.19. The summed E-state index contributed by atoms with van der Waals surface area (Å²) < 4.78 is 0. The molecule has 2 aromatic rings. The van der Waals surface area contributed by atoms with Crippen LogP contribution in [0.3, 0.4) is 0 Å². The Bertz CT molecular complexity index is 688.